The van der Waals surface area contributed by atoms with Crippen LogP contribution >= 0.6 is 22.9 Å². The molecule has 2 fully saturated rings. The molecule has 0 aliphatic carbocycles. The molecule has 2 aliphatic rings. The van der Waals surface area contributed by atoms with Crippen molar-refractivity contribution in [3.63, 3.8) is 0 Å². The topological polar surface area (TPSA) is 62.7 Å². The van der Waals surface area contributed by atoms with Crippen LogP contribution < -0.4 is 0 Å². The zero-order valence-electron chi connectivity index (χ0n) is 19.6. The minimum absolute atomic E-state index is 0.00496. The first-order valence-corrected chi connectivity index (χ1v) is 12.9. The predicted molar refractivity (Wildman–Crippen MR) is 131 cm³/mol. The number of hydrogen-bond donors (Lipinski definition) is 0. The van der Waals surface area contributed by atoms with Gasteiger partial charge in [-0.1, -0.05) is 11.6 Å². The zero-order chi connectivity index (χ0) is 23.5. The van der Waals surface area contributed by atoms with E-state index in [1.807, 2.05) is 24.0 Å². The lowest BCUT2D eigenvalue weighted by Crippen LogP contribution is -2.55. The SMILES string of the molecule is Cc1ncc(C(=O)Cc2cc(Cl)cc(CN3CCN(C(=O)[C@H]4CCCOC4)[C@@H](C)C3)c2C)s1. The number of carbonyl (C=O) groups is 2. The van der Waals surface area contributed by atoms with Crippen molar-refractivity contribution in [3.05, 3.63) is 49.9 Å². The van der Waals surface area contributed by atoms with Crippen molar-refractivity contribution in [1.82, 2.24) is 14.8 Å². The second-order valence-corrected chi connectivity index (χ2v) is 10.9. The second-order valence-electron chi connectivity index (χ2n) is 9.22. The maximum absolute atomic E-state index is 13.0. The molecule has 0 spiro atoms. The Labute approximate surface area is 204 Å². The molecule has 2 saturated heterocycles. The van der Waals surface area contributed by atoms with Crippen molar-refractivity contribution in [2.45, 2.75) is 52.6 Å². The van der Waals surface area contributed by atoms with Gasteiger partial charge in [0.1, 0.15) is 0 Å². The van der Waals surface area contributed by atoms with E-state index in [0.29, 0.717) is 22.9 Å². The second kappa shape index (κ2) is 10.6. The fourth-order valence-corrected chi connectivity index (χ4v) is 5.79. The fourth-order valence-electron chi connectivity index (χ4n) is 4.81. The summed E-state index contributed by atoms with van der Waals surface area (Å²) in [6.45, 7) is 10.5. The van der Waals surface area contributed by atoms with Crippen LogP contribution in [0.25, 0.3) is 0 Å². The predicted octanol–water partition coefficient (Wildman–Crippen LogP) is 4.30. The maximum Gasteiger partial charge on any atom is 0.228 e. The molecule has 33 heavy (non-hydrogen) atoms. The van der Waals surface area contributed by atoms with E-state index in [4.69, 9.17) is 16.3 Å². The van der Waals surface area contributed by atoms with Gasteiger partial charge in [-0.3, -0.25) is 14.5 Å². The monoisotopic (exact) mass is 489 g/mol. The Kier molecular flexibility index (Phi) is 7.84. The summed E-state index contributed by atoms with van der Waals surface area (Å²) in [6.07, 6.45) is 3.87. The van der Waals surface area contributed by atoms with E-state index in [0.717, 1.165) is 67.3 Å². The fraction of sp³-hybridized carbons (Fsp3) is 0.560. The van der Waals surface area contributed by atoms with Crippen molar-refractivity contribution in [1.29, 1.82) is 0 Å². The van der Waals surface area contributed by atoms with Crippen LogP contribution in [0.2, 0.25) is 5.02 Å². The first kappa shape index (κ1) is 24.3. The molecule has 1 amide bonds. The van der Waals surface area contributed by atoms with Crippen LogP contribution in [-0.2, 0) is 22.5 Å². The van der Waals surface area contributed by atoms with Crippen LogP contribution in [0.1, 0.15) is 51.1 Å². The van der Waals surface area contributed by atoms with Gasteiger partial charge in [-0.05, 0) is 62.4 Å². The van der Waals surface area contributed by atoms with Gasteiger partial charge >= 0.3 is 0 Å². The molecule has 6 nitrogen and oxygen atoms in total. The summed E-state index contributed by atoms with van der Waals surface area (Å²) in [5.41, 5.74) is 3.21. The van der Waals surface area contributed by atoms with Crippen LogP contribution in [0, 0.1) is 19.8 Å². The number of halogens is 1. The Morgan fingerprint density at radius 1 is 1.24 bits per heavy atom. The molecule has 1 aromatic carbocycles. The molecule has 3 heterocycles. The normalized spacial score (nSPS) is 21.9. The first-order chi connectivity index (χ1) is 15.8. The number of Topliss-reactive ketones (excluding diaryl/α,β-unsaturated/α-hetero) is 1. The van der Waals surface area contributed by atoms with E-state index in [1.165, 1.54) is 11.3 Å². The standard InChI is InChI=1S/C25H32ClN3O3S/c1-16-13-28(6-7-29(16)25(31)19-5-4-8-32-15-19)14-21-10-22(26)9-20(17(21)2)11-23(30)24-12-27-18(3)33-24/h9-10,12,16,19H,4-8,11,13-15H2,1-3H3/t16-,19-/m0/s1. The molecular weight excluding hydrogens is 458 g/mol. The van der Waals surface area contributed by atoms with Gasteiger partial charge in [0.2, 0.25) is 5.91 Å². The lowest BCUT2D eigenvalue weighted by molar-refractivity contribution is -0.144. The highest BCUT2D eigenvalue weighted by Gasteiger charge is 2.33. The summed E-state index contributed by atoms with van der Waals surface area (Å²) in [7, 11) is 0. The summed E-state index contributed by atoms with van der Waals surface area (Å²) in [4.78, 5) is 35.0. The van der Waals surface area contributed by atoms with Gasteiger partial charge in [0, 0.05) is 56.5 Å². The van der Waals surface area contributed by atoms with Crippen LogP contribution in [0.3, 0.4) is 0 Å². The van der Waals surface area contributed by atoms with E-state index in [1.54, 1.807) is 6.20 Å². The van der Waals surface area contributed by atoms with Gasteiger partial charge in [0.25, 0.3) is 0 Å². The third-order valence-electron chi connectivity index (χ3n) is 6.73. The van der Waals surface area contributed by atoms with E-state index in [9.17, 15) is 9.59 Å². The third-order valence-corrected chi connectivity index (χ3v) is 7.90. The van der Waals surface area contributed by atoms with Gasteiger partial charge in [-0.15, -0.1) is 11.3 Å². The highest BCUT2D eigenvalue weighted by molar-refractivity contribution is 7.13. The van der Waals surface area contributed by atoms with Gasteiger partial charge < -0.3 is 9.64 Å². The molecule has 2 aromatic rings. The van der Waals surface area contributed by atoms with Gasteiger partial charge in [0.15, 0.2) is 5.78 Å². The summed E-state index contributed by atoms with van der Waals surface area (Å²) in [5, 5.41) is 1.54. The molecule has 2 atom stereocenters. The Balaban J connectivity index is 1.41. The number of thiazole rings is 1. The molecule has 4 rings (SSSR count). The van der Waals surface area contributed by atoms with E-state index >= 15 is 0 Å². The van der Waals surface area contributed by atoms with Crippen LogP contribution in [0.15, 0.2) is 18.3 Å². The Morgan fingerprint density at radius 3 is 2.70 bits per heavy atom. The van der Waals surface area contributed by atoms with Crippen LogP contribution in [0.5, 0.6) is 0 Å². The average Bonchev–Trinajstić information content (AvgIpc) is 3.23. The maximum atomic E-state index is 13.0. The number of nitrogens with zero attached hydrogens (tertiary/aromatic N) is 3. The summed E-state index contributed by atoms with van der Waals surface area (Å²) >= 11 is 7.88. The molecule has 0 unspecified atom stereocenters. The number of benzene rings is 1. The minimum atomic E-state index is 0.00496. The first-order valence-electron chi connectivity index (χ1n) is 11.7. The molecule has 0 bridgehead atoms. The lowest BCUT2D eigenvalue weighted by Gasteiger charge is -2.42. The van der Waals surface area contributed by atoms with Gasteiger partial charge in [0.05, 0.1) is 22.4 Å². The van der Waals surface area contributed by atoms with Gasteiger partial charge in [-0.2, -0.15) is 0 Å². The highest BCUT2D eigenvalue weighted by Crippen LogP contribution is 2.26. The molecule has 8 heteroatoms. The summed E-state index contributed by atoms with van der Waals surface area (Å²) in [5.74, 6) is 0.314. The number of hydrogen-bond acceptors (Lipinski definition) is 6. The highest BCUT2D eigenvalue weighted by atomic mass is 35.5. The van der Waals surface area contributed by atoms with Crippen molar-refractivity contribution in [3.8, 4) is 0 Å². The third kappa shape index (κ3) is 5.83. The van der Waals surface area contributed by atoms with Crippen molar-refractivity contribution in [2.24, 2.45) is 5.92 Å². The van der Waals surface area contributed by atoms with Crippen molar-refractivity contribution >= 4 is 34.6 Å². The summed E-state index contributed by atoms with van der Waals surface area (Å²) < 4.78 is 5.52. The number of carbonyl (C=O) groups excluding carboxylic acids is 2. The number of ether oxygens (including phenoxy) is 1. The van der Waals surface area contributed by atoms with E-state index < -0.39 is 0 Å². The largest absolute Gasteiger partial charge is 0.381 e. The molecule has 2 aliphatic heterocycles. The number of amides is 1. The van der Waals surface area contributed by atoms with E-state index in [2.05, 4.69) is 23.7 Å². The molecule has 0 saturated carbocycles. The molecular formula is C25H32ClN3O3S. The van der Waals surface area contributed by atoms with Crippen LogP contribution in [-0.4, -0.2) is 65.4 Å². The molecule has 1 aromatic heterocycles. The quantitative estimate of drug-likeness (QED) is 0.566. The molecule has 0 radical (unpaired) electrons. The number of aryl methyl sites for hydroxylation is 1. The number of piperazine rings is 1. The zero-order valence-corrected chi connectivity index (χ0v) is 21.2. The van der Waals surface area contributed by atoms with Crippen molar-refractivity contribution in [2.75, 3.05) is 32.8 Å². The Hall–Kier alpha value is -1.80. The smallest absolute Gasteiger partial charge is 0.228 e. The summed E-state index contributed by atoms with van der Waals surface area (Å²) in [6, 6.07) is 4.06. The van der Waals surface area contributed by atoms with Gasteiger partial charge in [-0.25, -0.2) is 4.98 Å². The number of aromatic nitrogens is 1. The van der Waals surface area contributed by atoms with Crippen LogP contribution in [0.4, 0.5) is 0 Å². The molecule has 0 N–H and O–H groups in total. The Bertz CT molecular complexity index is 1020. The number of rotatable bonds is 6. The Morgan fingerprint density at radius 2 is 2.03 bits per heavy atom. The minimum Gasteiger partial charge on any atom is -0.381 e. The average molecular weight is 490 g/mol. The lowest BCUT2D eigenvalue weighted by atomic mass is 9.97. The number of ketones is 1. The molecule has 178 valence electrons. The van der Waals surface area contributed by atoms with Crippen molar-refractivity contribution < 1.29 is 14.3 Å². The van der Waals surface area contributed by atoms with E-state index in [-0.39, 0.29) is 23.7 Å².